The molecule has 5 nitrogen and oxygen atoms in total. The highest BCUT2D eigenvalue weighted by atomic mass is 32.2. The third-order valence-corrected chi connectivity index (χ3v) is 8.98. The summed E-state index contributed by atoms with van der Waals surface area (Å²) in [5.74, 6) is 0.500. The molecule has 2 unspecified atom stereocenters. The number of likely N-dealkylation sites (tertiary alicyclic amines) is 2. The zero-order valence-electron chi connectivity index (χ0n) is 18.3. The normalized spacial score (nSPS) is 29.8. The first kappa shape index (κ1) is 22.9. The number of nitrogens with one attached hydrogen (secondary N) is 1. The van der Waals surface area contributed by atoms with E-state index in [4.69, 9.17) is 0 Å². The van der Waals surface area contributed by atoms with Crippen LogP contribution in [0.25, 0.3) is 0 Å². The molecule has 0 radical (unpaired) electrons. The van der Waals surface area contributed by atoms with Gasteiger partial charge in [-0.2, -0.15) is 0 Å². The van der Waals surface area contributed by atoms with Gasteiger partial charge in [-0.3, -0.25) is 9.62 Å². The predicted molar refractivity (Wildman–Crippen MR) is 120 cm³/mol. The number of para-hydroxylation sites is 1. The number of anilines is 1. The van der Waals surface area contributed by atoms with Crippen LogP contribution in [0, 0.1) is 17.8 Å². The number of hydrogen-bond donors (Lipinski definition) is 1. The molecule has 0 aromatic heterocycles. The lowest BCUT2D eigenvalue weighted by molar-refractivity contribution is 0.0119. The second kappa shape index (κ2) is 9.32. The fourth-order valence-corrected chi connectivity index (χ4v) is 6.56. The molecule has 174 valence electrons. The van der Waals surface area contributed by atoms with Crippen molar-refractivity contribution >= 4 is 15.7 Å². The summed E-state index contributed by atoms with van der Waals surface area (Å²) in [6.45, 7) is 7.33. The van der Waals surface area contributed by atoms with E-state index in [1.165, 1.54) is 19.5 Å². The van der Waals surface area contributed by atoms with Gasteiger partial charge in [0.25, 0.3) is 5.92 Å². The van der Waals surface area contributed by atoms with E-state index in [2.05, 4.69) is 16.5 Å². The van der Waals surface area contributed by atoms with Gasteiger partial charge in [-0.1, -0.05) is 31.5 Å². The van der Waals surface area contributed by atoms with Crippen molar-refractivity contribution < 1.29 is 17.2 Å². The minimum Gasteiger partial charge on any atom is -0.303 e. The third-order valence-electron chi connectivity index (χ3n) is 7.11. The number of fused-ring (bicyclic) bond motifs is 1. The van der Waals surface area contributed by atoms with E-state index in [9.17, 15) is 17.2 Å². The molecule has 0 spiro atoms. The molecule has 5 rings (SSSR count). The van der Waals surface area contributed by atoms with Gasteiger partial charge in [-0.25, -0.2) is 17.2 Å². The van der Waals surface area contributed by atoms with Crippen LogP contribution >= 0.6 is 0 Å². The number of piperidine rings is 1. The van der Waals surface area contributed by atoms with Crippen LogP contribution in [0.2, 0.25) is 0 Å². The molecule has 2 aliphatic carbocycles. The van der Waals surface area contributed by atoms with E-state index in [0.717, 1.165) is 50.1 Å². The minimum atomic E-state index is -3.09. The second-order valence-electron chi connectivity index (χ2n) is 9.61. The Morgan fingerprint density at radius 1 is 1.06 bits per heavy atom. The van der Waals surface area contributed by atoms with E-state index >= 15 is 0 Å². The molecule has 1 aromatic carbocycles. The van der Waals surface area contributed by atoms with Crippen molar-refractivity contribution in [1.82, 2.24) is 9.80 Å². The highest BCUT2D eigenvalue weighted by Gasteiger charge is 2.53. The maximum atomic E-state index is 13.0. The van der Waals surface area contributed by atoms with Gasteiger partial charge >= 0.3 is 0 Å². The molecule has 31 heavy (non-hydrogen) atoms. The summed E-state index contributed by atoms with van der Waals surface area (Å²) in [7, 11) is -3.09. The fraction of sp³-hybridized carbons (Fsp3) is 0.739. The summed E-state index contributed by atoms with van der Waals surface area (Å²) in [5.41, 5.74) is 0.648. The molecule has 2 saturated carbocycles. The molecule has 0 bridgehead atoms. The van der Waals surface area contributed by atoms with Crippen molar-refractivity contribution in [3.63, 3.8) is 0 Å². The largest absolute Gasteiger partial charge is 0.303 e. The van der Waals surface area contributed by atoms with Gasteiger partial charge in [0.15, 0.2) is 0 Å². The lowest BCUT2D eigenvalue weighted by Crippen LogP contribution is -2.31. The molecule has 1 N–H and O–H groups in total. The SMILES string of the molecule is CCC1C2CN(CCCN3CCC(F)(F)C3)CC12.O=S(=O)(Nc1ccccc1)C1CC1. The molecule has 2 heterocycles. The molecule has 1 aromatic rings. The first-order chi connectivity index (χ1) is 14.8. The van der Waals surface area contributed by atoms with Crippen LogP contribution in [0.3, 0.4) is 0 Å². The molecular weight excluding hydrogens is 420 g/mol. The average Bonchev–Trinajstić information content (AvgIpc) is 3.62. The van der Waals surface area contributed by atoms with Crippen LogP contribution in [0.15, 0.2) is 30.3 Å². The number of nitrogens with zero attached hydrogens (tertiary/aromatic N) is 2. The van der Waals surface area contributed by atoms with Crippen LogP contribution in [0.1, 0.15) is 39.0 Å². The number of alkyl halides is 2. The van der Waals surface area contributed by atoms with Gasteiger partial charge in [-0.15, -0.1) is 0 Å². The van der Waals surface area contributed by atoms with Gasteiger partial charge in [-0.05, 0) is 62.2 Å². The summed E-state index contributed by atoms with van der Waals surface area (Å²) in [4.78, 5) is 4.46. The lowest BCUT2D eigenvalue weighted by atomic mass is 10.2. The topological polar surface area (TPSA) is 52.7 Å². The Morgan fingerprint density at radius 2 is 1.71 bits per heavy atom. The summed E-state index contributed by atoms with van der Waals surface area (Å²) >= 11 is 0. The van der Waals surface area contributed by atoms with E-state index < -0.39 is 15.9 Å². The quantitative estimate of drug-likeness (QED) is 0.646. The maximum Gasteiger partial charge on any atom is 0.261 e. The smallest absolute Gasteiger partial charge is 0.261 e. The standard InChI is InChI=1S/C14H24F2N2.C9H11NO2S/c1-2-11-12-8-18(9-13(11)12)6-3-5-17-7-4-14(15,16)10-17;11-13(12,9-6-7-9)10-8-4-2-1-3-5-8/h11-13H,2-10H2,1H3;1-5,9-10H,6-7H2. The number of sulfonamides is 1. The van der Waals surface area contributed by atoms with E-state index in [1.54, 1.807) is 12.1 Å². The van der Waals surface area contributed by atoms with Crippen molar-refractivity contribution in [2.24, 2.45) is 17.8 Å². The first-order valence-corrected chi connectivity index (χ1v) is 13.2. The molecule has 2 saturated heterocycles. The van der Waals surface area contributed by atoms with Crippen LogP contribution < -0.4 is 4.72 Å². The summed E-state index contributed by atoms with van der Waals surface area (Å²) in [5, 5.41) is -0.160. The van der Waals surface area contributed by atoms with Crippen molar-refractivity contribution in [3.8, 4) is 0 Å². The number of rotatable bonds is 8. The van der Waals surface area contributed by atoms with Gasteiger partial charge < -0.3 is 4.90 Å². The van der Waals surface area contributed by atoms with Crippen molar-refractivity contribution in [1.29, 1.82) is 0 Å². The van der Waals surface area contributed by atoms with Gasteiger partial charge in [0.05, 0.1) is 11.8 Å². The van der Waals surface area contributed by atoms with Gasteiger partial charge in [0.2, 0.25) is 10.0 Å². The molecular formula is C23H35F2N3O2S. The van der Waals surface area contributed by atoms with E-state index in [-0.39, 0.29) is 18.2 Å². The molecule has 2 atom stereocenters. The maximum absolute atomic E-state index is 13.0. The molecule has 8 heteroatoms. The molecule has 0 amide bonds. The highest BCUT2D eigenvalue weighted by molar-refractivity contribution is 7.93. The highest BCUT2D eigenvalue weighted by Crippen LogP contribution is 2.53. The van der Waals surface area contributed by atoms with E-state index in [1.807, 2.05) is 23.1 Å². The van der Waals surface area contributed by atoms with Gasteiger partial charge in [0.1, 0.15) is 0 Å². The zero-order valence-corrected chi connectivity index (χ0v) is 19.2. The van der Waals surface area contributed by atoms with Crippen LogP contribution in [-0.2, 0) is 10.0 Å². The number of benzene rings is 1. The minimum absolute atomic E-state index is 0.0177. The third kappa shape index (κ3) is 6.17. The van der Waals surface area contributed by atoms with Gasteiger partial charge in [0, 0.05) is 31.7 Å². The monoisotopic (exact) mass is 455 g/mol. The van der Waals surface area contributed by atoms with Crippen molar-refractivity contribution in [2.75, 3.05) is 44.0 Å². The summed E-state index contributed by atoms with van der Waals surface area (Å²) in [6, 6.07) is 8.98. The Hall–Kier alpha value is -1.25. The summed E-state index contributed by atoms with van der Waals surface area (Å²) < 4.78 is 51.5. The van der Waals surface area contributed by atoms with Crippen LogP contribution in [0.4, 0.5) is 14.5 Å². The number of halogens is 2. The molecule has 2 aliphatic heterocycles. The van der Waals surface area contributed by atoms with E-state index in [0.29, 0.717) is 12.2 Å². The Balaban J connectivity index is 0.000000158. The molecule has 4 aliphatic rings. The second-order valence-corrected chi connectivity index (χ2v) is 11.6. The van der Waals surface area contributed by atoms with Crippen molar-refractivity contribution in [3.05, 3.63) is 30.3 Å². The average molecular weight is 456 g/mol. The molecule has 4 fully saturated rings. The summed E-state index contributed by atoms with van der Waals surface area (Å²) in [6.07, 6.45) is 4.03. The Labute approximate surface area is 185 Å². The Bertz CT molecular complexity index is 820. The Kier molecular flexibility index (Phi) is 6.89. The van der Waals surface area contributed by atoms with Crippen LogP contribution in [-0.4, -0.2) is 68.7 Å². The zero-order chi connectivity index (χ0) is 22.1. The number of hydrogen-bond acceptors (Lipinski definition) is 4. The lowest BCUT2D eigenvalue weighted by Gasteiger charge is -2.21. The Morgan fingerprint density at radius 3 is 2.26 bits per heavy atom. The van der Waals surface area contributed by atoms with Crippen LogP contribution in [0.5, 0.6) is 0 Å². The predicted octanol–water partition coefficient (Wildman–Crippen LogP) is 3.90. The van der Waals surface area contributed by atoms with Crippen molar-refractivity contribution in [2.45, 2.75) is 50.2 Å². The first-order valence-electron chi connectivity index (χ1n) is 11.7. The fourth-order valence-electron chi connectivity index (χ4n) is 5.17.